The number of nitrogens with zero attached hydrogens (tertiary/aromatic N) is 1. The van der Waals surface area contributed by atoms with Gasteiger partial charge in [-0.3, -0.25) is 4.90 Å². The molecule has 162 valence electrons. The third-order valence-corrected chi connectivity index (χ3v) is 5.69. The van der Waals surface area contributed by atoms with E-state index in [1.54, 1.807) is 14.2 Å². The van der Waals surface area contributed by atoms with Crippen LogP contribution in [-0.2, 0) is 6.61 Å². The molecule has 3 aromatic rings. The SMILES string of the molecule is COc1cc(C(c2ccccc2OC)N2CCNCC2)ccc1OCc1ccccc1. The van der Waals surface area contributed by atoms with Gasteiger partial charge in [-0.05, 0) is 29.3 Å². The first-order chi connectivity index (χ1) is 15.3. The maximum Gasteiger partial charge on any atom is 0.161 e. The molecular weight excluding hydrogens is 388 g/mol. The summed E-state index contributed by atoms with van der Waals surface area (Å²) in [5.41, 5.74) is 3.45. The highest BCUT2D eigenvalue weighted by Gasteiger charge is 2.27. The van der Waals surface area contributed by atoms with Crippen LogP contribution >= 0.6 is 0 Å². The molecule has 1 unspecified atom stereocenters. The monoisotopic (exact) mass is 418 g/mol. The largest absolute Gasteiger partial charge is 0.496 e. The van der Waals surface area contributed by atoms with E-state index in [1.807, 2.05) is 36.4 Å². The van der Waals surface area contributed by atoms with Crippen LogP contribution in [0.3, 0.4) is 0 Å². The molecule has 1 N–H and O–H groups in total. The van der Waals surface area contributed by atoms with E-state index in [1.165, 1.54) is 0 Å². The molecule has 1 saturated heterocycles. The van der Waals surface area contributed by atoms with Gasteiger partial charge in [0.15, 0.2) is 11.5 Å². The topological polar surface area (TPSA) is 43.0 Å². The van der Waals surface area contributed by atoms with E-state index in [4.69, 9.17) is 14.2 Å². The number of piperazine rings is 1. The second-order valence-corrected chi connectivity index (χ2v) is 7.62. The molecule has 0 saturated carbocycles. The van der Waals surface area contributed by atoms with Crippen LogP contribution in [0.1, 0.15) is 22.7 Å². The van der Waals surface area contributed by atoms with Crippen molar-refractivity contribution in [2.45, 2.75) is 12.6 Å². The van der Waals surface area contributed by atoms with Crippen molar-refractivity contribution in [3.8, 4) is 17.2 Å². The first kappa shape index (κ1) is 21.2. The molecule has 5 nitrogen and oxygen atoms in total. The molecule has 1 aliphatic heterocycles. The number of methoxy groups -OCH3 is 2. The summed E-state index contributed by atoms with van der Waals surface area (Å²) in [5.74, 6) is 2.38. The fourth-order valence-electron chi connectivity index (χ4n) is 4.13. The number of hydrogen-bond donors (Lipinski definition) is 1. The van der Waals surface area contributed by atoms with E-state index in [0.29, 0.717) is 6.61 Å². The van der Waals surface area contributed by atoms with Crippen LogP contribution in [0.4, 0.5) is 0 Å². The molecule has 0 aromatic heterocycles. The molecule has 0 bridgehead atoms. The predicted molar refractivity (Wildman–Crippen MR) is 123 cm³/mol. The van der Waals surface area contributed by atoms with Gasteiger partial charge in [0.2, 0.25) is 0 Å². The summed E-state index contributed by atoms with van der Waals surface area (Å²) in [6.07, 6.45) is 0. The van der Waals surface area contributed by atoms with Crippen LogP contribution in [0.25, 0.3) is 0 Å². The predicted octanol–water partition coefficient (Wildman–Crippen LogP) is 4.28. The summed E-state index contributed by atoms with van der Waals surface area (Å²) in [5, 5.41) is 3.45. The van der Waals surface area contributed by atoms with Gasteiger partial charge >= 0.3 is 0 Å². The van der Waals surface area contributed by atoms with Gasteiger partial charge in [-0.2, -0.15) is 0 Å². The van der Waals surface area contributed by atoms with Gasteiger partial charge in [0.05, 0.1) is 20.3 Å². The molecule has 3 aromatic carbocycles. The minimum Gasteiger partial charge on any atom is -0.496 e. The van der Waals surface area contributed by atoms with Crippen molar-refractivity contribution in [1.29, 1.82) is 0 Å². The van der Waals surface area contributed by atoms with E-state index < -0.39 is 0 Å². The molecule has 0 amide bonds. The number of benzene rings is 3. The Kier molecular flexibility index (Phi) is 7.07. The minimum atomic E-state index is 0.0790. The van der Waals surface area contributed by atoms with Crippen LogP contribution in [0.15, 0.2) is 72.8 Å². The third-order valence-electron chi connectivity index (χ3n) is 5.69. The highest BCUT2D eigenvalue weighted by atomic mass is 16.5. The van der Waals surface area contributed by atoms with Gasteiger partial charge in [-0.1, -0.05) is 54.6 Å². The minimum absolute atomic E-state index is 0.0790. The molecule has 0 spiro atoms. The Morgan fingerprint density at radius 3 is 2.26 bits per heavy atom. The summed E-state index contributed by atoms with van der Waals surface area (Å²) in [6.45, 7) is 4.39. The Balaban J connectivity index is 1.66. The Bertz CT molecular complexity index is 971. The molecule has 1 atom stereocenters. The van der Waals surface area contributed by atoms with Crippen LogP contribution in [0, 0.1) is 0 Å². The molecule has 0 aliphatic carbocycles. The van der Waals surface area contributed by atoms with Crippen LogP contribution in [0.2, 0.25) is 0 Å². The maximum atomic E-state index is 6.07. The van der Waals surface area contributed by atoms with Crippen molar-refractivity contribution in [2.75, 3.05) is 40.4 Å². The molecule has 1 heterocycles. The zero-order valence-corrected chi connectivity index (χ0v) is 18.2. The van der Waals surface area contributed by atoms with E-state index in [2.05, 4.69) is 46.6 Å². The van der Waals surface area contributed by atoms with E-state index in [0.717, 1.165) is 60.1 Å². The van der Waals surface area contributed by atoms with Crippen molar-refractivity contribution in [3.63, 3.8) is 0 Å². The van der Waals surface area contributed by atoms with Gasteiger partial charge in [-0.15, -0.1) is 0 Å². The fraction of sp³-hybridized carbons (Fsp3) is 0.308. The molecule has 1 fully saturated rings. The summed E-state index contributed by atoms with van der Waals surface area (Å²) in [7, 11) is 3.42. The zero-order chi connectivity index (χ0) is 21.5. The Hall–Kier alpha value is -3.02. The second kappa shape index (κ2) is 10.3. The van der Waals surface area contributed by atoms with Crippen LogP contribution in [-0.4, -0.2) is 45.3 Å². The smallest absolute Gasteiger partial charge is 0.161 e. The van der Waals surface area contributed by atoms with Gasteiger partial charge in [0.1, 0.15) is 12.4 Å². The number of ether oxygens (including phenoxy) is 3. The number of para-hydroxylation sites is 1. The highest BCUT2D eigenvalue weighted by molar-refractivity contribution is 5.48. The molecular formula is C26H30N2O3. The van der Waals surface area contributed by atoms with E-state index in [-0.39, 0.29) is 6.04 Å². The molecule has 5 heteroatoms. The standard InChI is InChI=1S/C26H30N2O3/c1-29-23-11-7-6-10-22(23)26(28-16-14-27-15-17-28)21-12-13-24(25(18-21)30-2)31-19-20-8-4-3-5-9-20/h3-13,18,26-27H,14-17,19H2,1-2H3. The lowest BCUT2D eigenvalue weighted by molar-refractivity contribution is 0.195. The first-order valence-electron chi connectivity index (χ1n) is 10.7. The summed E-state index contributed by atoms with van der Waals surface area (Å²) in [4.78, 5) is 2.49. The quantitative estimate of drug-likeness (QED) is 0.592. The first-order valence-corrected chi connectivity index (χ1v) is 10.7. The number of rotatable bonds is 8. The van der Waals surface area contributed by atoms with E-state index in [9.17, 15) is 0 Å². The number of nitrogens with one attached hydrogen (secondary N) is 1. The van der Waals surface area contributed by atoms with Gasteiger partial charge < -0.3 is 19.5 Å². The van der Waals surface area contributed by atoms with Gasteiger partial charge in [0, 0.05) is 31.7 Å². The summed E-state index contributed by atoms with van der Waals surface area (Å²) in [6, 6.07) is 24.8. The molecule has 0 radical (unpaired) electrons. The summed E-state index contributed by atoms with van der Waals surface area (Å²) < 4.78 is 17.5. The van der Waals surface area contributed by atoms with Crippen LogP contribution < -0.4 is 19.5 Å². The van der Waals surface area contributed by atoms with Crippen molar-refractivity contribution in [3.05, 3.63) is 89.5 Å². The third kappa shape index (κ3) is 5.01. The van der Waals surface area contributed by atoms with Crippen molar-refractivity contribution >= 4 is 0 Å². The van der Waals surface area contributed by atoms with Crippen molar-refractivity contribution in [2.24, 2.45) is 0 Å². The average molecular weight is 419 g/mol. The lowest BCUT2D eigenvalue weighted by Crippen LogP contribution is -2.45. The van der Waals surface area contributed by atoms with E-state index >= 15 is 0 Å². The fourth-order valence-corrected chi connectivity index (χ4v) is 4.13. The lowest BCUT2D eigenvalue weighted by atomic mass is 9.95. The zero-order valence-electron chi connectivity index (χ0n) is 18.2. The second-order valence-electron chi connectivity index (χ2n) is 7.62. The van der Waals surface area contributed by atoms with Crippen LogP contribution in [0.5, 0.6) is 17.2 Å². The molecule has 31 heavy (non-hydrogen) atoms. The Morgan fingerprint density at radius 2 is 1.52 bits per heavy atom. The van der Waals surface area contributed by atoms with Crippen molar-refractivity contribution < 1.29 is 14.2 Å². The highest BCUT2D eigenvalue weighted by Crippen LogP contribution is 2.38. The lowest BCUT2D eigenvalue weighted by Gasteiger charge is -2.36. The normalized spacial score (nSPS) is 15.3. The Morgan fingerprint density at radius 1 is 0.806 bits per heavy atom. The number of hydrogen-bond acceptors (Lipinski definition) is 5. The Labute approximate surface area is 184 Å². The van der Waals surface area contributed by atoms with Gasteiger partial charge in [-0.25, -0.2) is 0 Å². The van der Waals surface area contributed by atoms with Gasteiger partial charge in [0.25, 0.3) is 0 Å². The summed E-state index contributed by atoms with van der Waals surface area (Å²) >= 11 is 0. The molecule has 4 rings (SSSR count). The van der Waals surface area contributed by atoms with Crippen molar-refractivity contribution in [1.82, 2.24) is 10.2 Å². The molecule has 1 aliphatic rings. The maximum absolute atomic E-state index is 6.07. The average Bonchev–Trinajstić information content (AvgIpc) is 2.85.